The summed E-state index contributed by atoms with van der Waals surface area (Å²) >= 11 is 5.15. The molecule has 6 heteroatoms. The van der Waals surface area contributed by atoms with Crippen molar-refractivity contribution in [1.82, 2.24) is 15.0 Å². The lowest BCUT2D eigenvalue weighted by atomic mass is 10.1. The van der Waals surface area contributed by atoms with E-state index in [0.29, 0.717) is 17.6 Å². The number of thioether (sulfide) groups is 1. The predicted molar refractivity (Wildman–Crippen MR) is 89.2 cm³/mol. The van der Waals surface area contributed by atoms with E-state index in [0.717, 1.165) is 16.1 Å². The smallest absolute Gasteiger partial charge is 0.223 e. The summed E-state index contributed by atoms with van der Waals surface area (Å²) in [6, 6.07) is 8.23. The standard InChI is InChI=1S/C15H17BrN4S/c16-11-5-7-12(8-6-11)21-9-13-18-14(20-15(17)19-13)10-3-1-2-4-10/h5-8,10H,1-4,9H2,(H2,17,18,19,20). The molecule has 1 aromatic carbocycles. The quantitative estimate of drug-likeness (QED) is 0.824. The van der Waals surface area contributed by atoms with Gasteiger partial charge in [-0.2, -0.15) is 9.97 Å². The molecule has 1 heterocycles. The molecule has 21 heavy (non-hydrogen) atoms. The third kappa shape index (κ3) is 3.95. The number of halogens is 1. The molecule has 1 aromatic heterocycles. The van der Waals surface area contributed by atoms with E-state index >= 15 is 0 Å². The number of rotatable bonds is 4. The molecular formula is C15H17BrN4S. The molecule has 1 aliphatic carbocycles. The van der Waals surface area contributed by atoms with Gasteiger partial charge in [-0.3, -0.25) is 0 Å². The normalized spacial score (nSPS) is 15.5. The molecule has 1 fully saturated rings. The molecule has 110 valence electrons. The molecule has 1 aliphatic rings. The zero-order valence-electron chi connectivity index (χ0n) is 11.6. The maximum absolute atomic E-state index is 5.84. The molecule has 0 saturated heterocycles. The summed E-state index contributed by atoms with van der Waals surface area (Å²) in [4.78, 5) is 14.4. The van der Waals surface area contributed by atoms with E-state index in [1.165, 1.54) is 30.6 Å². The molecule has 2 N–H and O–H groups in total. The second kappa shape index (κ2) is 6.75. The van der Waals surface area contributed by atoms with Crippen molar-refractivity contribution in [2.24, 2.45) is 0 Å². The molecule has 0 bridgehead atoms. The van der Waals surface area contributed by atoms with Gasteiger partial charge in [-0.15, -0.1) is 11.8 Å². The van der Waals surface area contributed by atoms with Crippen molar-refractivity contribution in [2.75, 3.05) is 5.73 Å². The zero-order chi connectivity index (χ0) is 14.7. The highest BCUT2D eigenvalue weighted by Crippen LogP contribution is 2.32. The fraction of sp³-hybridized carbons (Fsp3) is 0.400. The minimum atomic E-state index is 0.346. The number of hydrogen-bond acceptors (Lipinski definition) is 5. The maximum Gasteiger partial charge on any atom is 0.223 e. The van der Waals surface area contributed by atoms with Crippen LogP contribution < -0.4 is 5.73 Å². The third-order valence-electron chi connectivity index (χ3n) is 3.62. The summed E-state index contributed by atoms with van der Waals surface area (Å²) in [6.45, 7) is 0. The molecule has 0 aliphatic heterocycles. The number of benzene rings is 1. The molecule has 2 aromatic rings. The first-order valence-corrected chi connectivity index (χ1v) is 8.87. The Morgan fingerprint density at radius 3 is 2.52 bits per heavy atom. The van der Waals surface area contributed by atoms with E-state index in [2.05, 4.69) is 43.0 Å². The van der Waals surface area contributed by atoms with Crippen LogP contribution in [0.2, 0.25) is 0 Å². The lowest BCUT2D eigenvalue weighted by Crippen LogP contribution is -2.09. The van der Waals surface area contributed by atoms with Gasteiger partial charge in [0.1, 0.15) is 11.6 Å². The molecule has 0 atom stereocenters. The lowest BCUT2D eigenvalue weighted by molar-refractivity contribution is 0.657. The summed E-state index contributed by atoms with van der Waals surface area (Å²) in [5.41, 5.74) is 5.84. The number of aromatic nitrogens is 3. The van der Waals surface area contributed by atoms with E-state index in [-0.39, 0.29) is 0 Å². The van der Waals surface area contributed by atoms with Gasteiger partial charge in [0.15, 0.2) is 0 Å². The van der Waals surface area contributed by atoms with Gasteiger partial charge in [0.25, 0.3) is 0 Å². The maximum atomic E-state index is 5.84. The van der Waals surface area contributed by atoms with Crippen molar-refractivity contribution < 1.29 is 0 Å². The molecular weight excluding hydrogens is 348 g/mol. The van der Waals surface area contributed by atoms with Crippen molar-refractivity contribution in [3.8, 4) is 0 Å². The highest BCUT2D eigenvalue weighted by molar-refractivity contribution is 9.10. The Hall–Kier alpha value is -1.14. The fourth-order valence-electron chi connectivity index (χ4n) is 2.57. The first-order valence-electron chi connectivity index (χ1n) is 7.09. The molecule has 3 rings (SSSR count). The van der Waals surface area contributed by atoms with Crippen LogP contribution in [0.15, 0.2) is 33.6 Å². The summed E-state index contributed by atoms with van der Waals surface area (Å²) in [5, 5.41) is 0. The Labute approximate surface area is 137 Å². The Balaban J connectivity index is 1.71. The van der Waals surface area contributed by atoms with Crippen LogP contribution in [0, 0.1) is 0 Å². The second-order valence-corrected chi connectivity index (χ2v) is 7.16. The zero-order valence-corrected chi connectivity index (χ0v) is 14.0. The number of nitrogen functional groups attached to an aromatic ring is 1. The highest BCUT2D eigenvalue weighted by atomic mass is 79.9. The van der Waals surface area contributed by atoms with E-state index in [1.54, 1.807) is 11.8 Å². The van der Waals surface area contributed by atoms with Crippen LogP contribution in [0.3, 0.4) is 0 Å². The van der Waals surface area contributed by atoms with Crippen LogP contribution in [0.1, 0.15) is 43.3 Å². The Morgan fingerprint density at radius 2 is 1.81 bits per heavy atom. The number of anilines is 1. The van der Waals surface area contributed by atoms with Crippen LogP contribution in [0.25, 0.3) is 0 Å². The van der Waals surface area contributed by atoms with Gasteiger partial charge in [-0.05, 0) is 37.1 Å². The molecule has 0 radical (unpaired) electrons. The minimum absolute atomic E-state index is 0.346. The van der Waals surface area contributed by atoms with Gasteiger partial charge in [0.05, 0.1) is 5.75 Å². The molecule has 1 saturated carbocycles. The molecule has 4 nitrogen and oxygen atoms in total. The Kier molecular flexibility index (Phi) is 4.75. The SMILES string of the molecule is Nc1nc(CSc2ccc(Br)cc2)nc(C2CCCC2)n1. The van der Waals surface area contributed by atoms with Crippen molar-refractivity contribution in [3.63, 3.8) is 0 Å². The van der Waals surface area contributed by atoms with Crippen molar-refractivity contribution >= 4 is 33.6 Å². The van der Waals surface area contributed by atoms with Crippen molar-refractivity contribution in [1.29, 1.82) is 0 Å². The molecule has 0 unspecified atom stereocenters. The van der Waals surface area contributed by atoms with Gasteiger partial charge in [-0.25, -0.2) is 4.98 Å². The van der Waals surface area contributed by atoms with Gasteiger partial charge < -0.3 is 5.73 Å². The number of hydrogen-bond donors (Lipinski definition) is 1. The highest BCUT2D eigenvalue weighted by Gasteiger charge is 2.21. The minimum Gasteiger partial charge on any atom is -0.368 e. The predicted octanol–water partition coefficient (Wildman–Crippen LogP) is 4.17. The van der Waals surface area contributed by atoms with Gasteiger partial charge in [-0.1, -0.05) is 28.8 Å². The summed E-state index contributed by atoms with van der Waals surface area (Å²) in [5.74, 6) is 3.18. The Morgan fingerprint density at radius 1 is 1.10 bits per heavy atom. The summed E-state index contributed by atoms with van der Waals surface area (Å²) in [7, 11) is 0. The average Bonchev–Trinajstić information content (AvgIpc) is 3.00. The topological polar surface area (TPSA) is 64.7 Å². The summed E-state index contributed by atoms with van der Waals surface area (Å²) in [6.07, 6.45) is 4.87. The molecule has 0 spiro atoms. The van der Waals surface area contributed by atoms with Crippen LogP contribution in [-0.4, -0.2) is 15.0 Å². The average molecular weight is 365 g/mol. The van der Waals surface area contributed by atoms with Gasteiger partial charge in [0, 0.05) is 15.3 Å². The number of nitrogens with zero attached hydrogens (tertiary/aromatic N) is 3. The van der Waals surface area contributed by atoms with Crippen LogP contribution in [-0.2, 0) is 5.75 Å². The van der Waals surface area contributed by atoms with Crippen molar-refractivity contribution in [3.05, 3.63) is 40.4 Å². The van der Waals surface area contributed by atoms with Crippen LogP contribution >= 0.6 is 27.7 Å². The van der Waals surface area contributed by atoms with E-state index in [9.17, 15) is 0 Å². The second-order valence-electron chi connectivity index (χ2n) is 5.19. The summed E-state index contributed by atoms with van der Waals surface area (Å²) < 4.78 is 1.08. The van der Waals surface area contributed by atoms with Crippen molar-refractivity contribution in [2.45, 2.75) is 42.2 Å². The monoisotopic (exact) mass is 364 g/mol. The lowest BCUT2D eigenvalue weighted by Gasteiger charge is -2.09. The third-order valence-corrected chi connectivity index (χ3v) is 5.15. The van der Waals surface area contributed by atoms with Gasteiger partial charge >= 0.3 is 0 Å². The van der Waals surface area contributed by atoms with Crippen LogP contribution in [0.4, 0.5) is 5.95 Å². The fourth-order valence-corrected chi connectivity index (χ4v) is 3.58. The van der Waals surface area contributed by atoms with E-state index in [1.807, 2.05) is 12.1 Å². The first-order chi connectivity index (χ1) is 10.2. The number of nitrogens with two attached hydrogens (primary N) is 1. The van der Waals surface area contributed by atoms with E-state index in [4.69, 9.17) is 5.73 Å². The largest absolute Gasteiger partial charge is 0.368 e. The molecule has 0 amide bonds. The van der Waals surface area contributed by atoms with E-state index < -0.39 is 0 Å². The first kappa shape index (κ1) is 14.8. The van der Waals surface area contributed by atoms with Crippen LogP contribution in [0.5, 0.6) is 0 Å². The Bertz CT molecular complexity index is 612. The van der Waals surface area contributed by atoms with Gasteiger partial charge in [0.2, 0.25) is 5.95 Å².